The van der Waals surface area contributed by atoms with Crippen LogP contribution in [0.25, 0.3) is 0 Å². The first kappa shape index (κ1) is 14.0. The molecule has 1 N–H and O–H groups in total. The average Bonchev–Trinajstić information content (AvgIpc) is 2.29. The molecule has 0 fully saturated rings. The zero-order valence-corrected chi connectivity index (χ0v) is 11.5. The van der Waals surface area contributed by atoms with Crippen LogP contribution in [0.4, 0.5) is 0 Å². The van der Waals surface area contributed by atoms with E-state index in [9.17, 15) is 0 Å². The van der Waals surface area contributed by atoms with E-state index in [1.54, 1.807) is 0 Å². The first-order chi connectivity index (χ1) is 7.95. The normalized spacial score (nSPS) is 15.3. The second-order valence-electron chi connectivity index (χ2n) is 5.55. The lowest BCUT2D eigenvalue weighted by Gasteiger charge is -2.30. The minimum absolute atomic E-state index is 0.203. The summed E-state index contributed by atoms with van der Waals surface area (Å²) in [6, 6.07) is 11.6. The molecule has 2 unspecified atom stereocenters. The molecule has 1 rings (SSSR count). The van der Waals surface area contributed by atoms with Gasteiger partial charge in [-0.3, -0.25) is 0 Å². The molecule has 0 saturated heterocycles. The number of hydrogen-bond donors (Lipinski definition) is 1. The van der Waals surface area contributed by atoms with Crippen LogP contribution in [0.1, 0.15) is 39.7 Å². The largest absolute Gasteiger partial charge is 0.308 e. The second kappa shape index (κ2) is 6.02. The van der Waals surface area contributed by atoms with E-state index in [1.807, 2.05) is 6.08 Å². The van der Waals surface area contributed by atoms with E-state index >= 15 is 0 Å². The first-order valence-corrected chi connectivity index (χ1v) is 6.40. The predicted octanol–water partition coefficient (Wildman–Crippen LogP) is 3.91. The van der Waals surface area contributed by atoms with E-state index in [4.69, 9.17) is 0 Å². The van der Waals surface area contributed by atoms with Crippen molar-refractivity contribution in [2.75, 3.05) is 0 Å². The molecular formula is C16H25N. The van der Waals surface area contributed by atoms with Gasteiger partial charge in [0.1, 0.15) is 0 Å². The number of hydrogen-bond acceptors (Lipinski definition) is 1. The molecule has 1 aromatic carbocycles. The van der Waals surface area contributed by atoms with Crippen molar-refractivity contribution in [3.05, 3.63) is 48.6 Å². The molecule has 94 valence electrons. The molecular weight excluding hydrogens is 206 g/mol. The van der Waals surface area contributed by atoms with Crippen LogP contribution < -0.4 is 5.32 Å². The molecule has 17 heavy (non-hydrogen) atoms. The maximum absolute atomic E-state index is 3.81. The SMILES string of the molecule is C=CC(C)NC(C)CC(C)(C)c1ccccc1. The number of nitrogens with one attached hydrogen (secondary N) is 1. The Balaban J connectivity index is 2.63. The van der Waals surface area contributed by atoms with Crippen LogP contribution in [0.15, 0.2) is 43.0 Å². The summed E-state index contributed by atoms with van der Waals surface area (Å²) in [5.41, 5.74) is 1.61. The Bertz CT molecular complexity index is 340. The average molecular weight is 231 g/mol. The lowest BCUT2D eigenvalue weighted by molar-refractivity contribution is 0.379. The van der Waals surface area contributed by atoms with Crippen molar-refractivity contribution in [3.8, 4) is 0 Å². The van der Waals surface area contributed by atoms with Crippen molar-refractivity contribution in [2.45, 2.75) is 51.6 Å². The summed E-state index contributed by atoms with van der Waals surface area (Å²) >= 11 is 0. The van der Waals surface area contributed by atoms with Gasteiger partial charge < -0.3 is 5.32 Å². The Labute approximate surface area is 106 Å². The maximum atomic E-state index is 3.81. The summed E-state index contributed by atoms with van der Waals surface area (Å²) in [5.74, 6) is 0. The van der Waals surface area contributed by atoms with Gasteiger partial charge >= 0.3 is 0 Å². The van der Waals surface area contributed by atoms with Gasteiger partial charge in [-0.1, -0.05) is 50.3 Å². The lowest BCUT2D eigenvalue weighted by Crippen LogP contribution is -2.37. The Morgan fingerprint density at radius 2 is 1.82 bits per heavy atom. The van der Waals surface area contributed by atoms with Gasteiger partial charge in [-0.15, -0.1) is 6.58 Å². The van der Waals surface area contributed by atoms with E-state index in [0.29, 0.717) is 12.1 Å². The summed E-state index contributed by atoms with van der Waals surface area (Å²) < 4.78 is 0. The van der Waals surface area contributed by atoms with Gasteiger partial charge in [0.05, 0.1) is 0 Å². The lowest BCUT2D eigenvalue weighted by atomic mass is 9.79. The Kier molecular flexibility index (Phi) is 4.95. The second-order valence-corrected chi connectivity index (χ2v) is 5.55. The van der Waals surface area contributed by atoms with Crippen LogP contribution in [0, 0.1) is 0 Å². The topological polar surface area (TPSA) is 12.0 Å². The summed E-state index contributed by atoms with van der Waals surface area (Å²) in [7, 11) is 0. The van der Waals surface area contributed by atoms with Gasteiger partial charge in [0.15, 0.2) is 0 Å². The van der Waals surface area contributed by atoms with Crippen molar-refractivity contribution in [2.24, 2.45) is 0 Å². The standard InChI is InChI=1S/C16H25N/c1-6-13(2)17-14(3)12-16(4,5)15-10-8-7-9-11-15/h6-11,13-14,17H,1,12H2,2-5H3. The summed E-state index contributed by atoms with van der Waals surface area (Å²) in [6.45, 7) is 12.8. The highest BCUT2D eigenvalue weighted by molar-refractivity contribution is 5.23. The van der Waals surface area contributed by atoms with Gasteiger partial charge in [-0.05, 0) is 31.2 Å². The molecule has 0 aliphatic heterocycles. The van der Waals surface area contributed by atoms with E-state index < -0.39 is 0 Å². The summed E-state index contributed by atoms with van der Waals surface area (Å²) in [6.07, 6.45) is 3.07. The molecule has 0 spiro atoms. The van der Waals surface area contributed by atoms with Crippen LogP contribution in [0.5, 0.6) is 0 Å². The highest BCUT2D eigenvalue weighted by atomic mass is 14.9. The van der Waals surface area contributed by atoms with E-state index in [1.165, 1.54) is 5.56 Å². The predicted molar refractivity (Wildman–Crippen MR) is 76.3 cm³/mol. The fourth-order valence-corrected chi connectivity index (χ4v) is 2.35. The van der Waals surface area contributed by atoms with Crippen LogP contribution >= 0.6 is 0 Å². The van der Waals surface area contributed by atoms with Gasteiger partial charge in [0.25, 0.3) is 0 Å². The van der Waals surface area contributed by atoms with Gasteiger partial charge in [-0.2, -0.15) is 0 Å². The van der Waals surface area contributed by atoms with E-state index in [2.05, 4.69) is 69.9 Å². The Morgan fingerprint density at radius 1 is 1.24 bits per heavy atom. The summed E-state index contributed by atoms with van der Waals surface area (Å²) in [5, 5.41) is 3.54. The van der Waals surface area contributed by atoms with E-state index in [0.717, 1.165) is 6.42 Å². The van der Waals surface area contributed by atoms with Crippen LogP contribution in [0.2, 0.25) is 0 Å². The number of benzene rings is 1. The van der Waals surface area contributed by atoms with Crippen molar-refractivity contribution in [1.29, 1.82) is 0 Å². The molecule has 0 heterocycles. The minimum atomic E-state index is 0.203. The van der Waals surface area contributed by atoms with E-state index in [-0.39, 0.29) is 5.41 Å². The molecule has 0 aromatic heterocycles. The van der Waals surface area contributed by atoms with Crippen molar-refractivity contribution < 1.29 is 0 Å². The Hall–Kier alpha value is -1.08. The zero-order valence-electron chi connectivity index (χ0n) is 11.5. The summed E-state index contributed by atoms with van der Waals surface area (Å²) in [4.78, 5) is 0. The smallest absolute Gasteiger partial charge is 0.0221 e. The molecule has 0 saturated carbocycles. The molecule has 1 aromatic rings. The molecule has 0 amide bonds. The fraction of sp³-hybridized carbons (Fsp3) is 0.500. The van der Waals surface area contributed by atoms with Crippen molar-refractivity contribution in [3.63, 3.8) is 0 Å². The third kappa shape index (κ3) is 4.35. The van der Waals surface area contributed by atoms with Crippen LogP contribution in [-0.2, 0) is 5.41 Å². The molecule has 0 bridgehead atoms. The van der Waals surface area contributed by atoms with Crippen molar-refractivity contribution in [1.82, 2.24) is 5.32 Å². The molecule has 1 nitrogen and oxygen atoms in total. The third-order valence-corrected chi connectivity index (χ3v) is 3.27. The van der Waals surface area contributed by atoms with Gasteiger partial charge in [0.2, 0.25) is 0 Å². The molecule has 0 aliphatic rings. The quantitative estimate of drug-likeness (QED) is 0.732. The minimum Gasteiger partial charge on any atom is -0.308 e. The highest BCUT2D eigenvalue weighted by Crippen LogP contribution is 2.28. The molecule has 0 radical (unpaired) electrons. The third-order valence-electron chi connectivity index (χ3n) is 3.27. The monoisotopic (exact) mass is 231 g/mol. The Morgan fingerprint density at radius 3 is 2.35 bits per heavy atom. The van der Waals surface area contributed by atoms with Gasteiger partial charge in [-0.25, -0.2) is 0 Å². The first-order valence-electron chi connectivity index (χ1n) is 6.40. The maximum Gasteiger partial charge on any atom is 0.0221 e. The highest BCUT2D eigenvalue weighted by Gasteiger charge is 2.23. The van der Waals surface area contributed by atoms with Crippen LogP contribution in [0.3, 0.4) is 0 Å². The fourth-order valence-electron chi connectivity index (χ4n) is 2.35. The van der Waals surface area contributed by atoms with Crippen molar-refractivity contribution >= 4 is 0 Å². The molecule has 2 atom stereocenters. The van der Waals surface area contributed by atoms with Crippen LogP contribution in [-0.4, -0.2) is 12.1 Å². The molecule has 1 heteroatoms. The molecule has 0 aliphatic carbocycles. The zero-order chi connectivity index (χ0) is 12.9. The number of rotatable bonds is 6. The van der Waals surface area contributed by atoms with Gasteiger partial charge in [0, 0.05) is 12.1 Å².